The maximum atomic E-state index is 12.3. The monoisotopic (exact) mass is 300 g/mol. The van der Waals surface area contributed by atoms with Crippen molar-refractivity contribution >= 4 is 34.2 Å². The van der Waals surface area contributed by atoms with Gasteiger partial charge in [-0.2, -0.15) is 0 Å². The van der Waals surface area contributed by atoms with Crippen LogP contribution in [0.4, 0.5) is 5.82 Å². The number of aromatic amines is 1. The van der Waals surface area contributed by atoms with Crippen LogP contribution in [0.15, 0.2) is 30.6 Å². The van der Waals surface area contributed by atoms with E-state index in [9.17, 15) is 4.79 Å². The molecule has 2 aromatic heterocycles. The van der Waals surface area contributed by atoms with Gasteiger partial charge in [-0.3, -0.25) is 4.79 Å². The molecule has 106 valence electrons. The number of amides is 1. The Hall–Kier alpha value is -2.40. The number of aryl methyl sites for hydroxylation is 2. The van der Waals surface area contributed by atoms with Gasteiger partial charge in [0.05, 0.1) is 0 Å². The lowest BCUT2D eigenvalue weighted by Gasteiger charge is -2.04. The number of halogens is 1. The minimum Gasteiger partial charge on any atom is -0.358 e. The van der Waals surface area contributed by atoms with E-state index in [1.807, 2.05) is 26.0 Å². The van der Waals surface area contributed by atoms with E-state index in [0.29, 0.717) is 11.4 Å². The predicted molar refractivity (Wildman–Crippen MR) is 82.8 cm³/mol. The number of benzene rings is 1. The predicted octanol–water partition coefficient (Wildman–Crippen LogP) is 3.48. The Morgan fingerprint density at radius 3 is 2.81 bits per heavy atom. The maximum Gasteiger partial charge on any atom is 0.256 e. The van der Waals surface area contributed by atoms with Gasteiger partial charge in [0, 0.05) is 28.2 Å². The first-order chi connectivity index (χ1) is 10.0. The minimum absolute atomic E-state index is 0.232. The van der Waals surface area contributed by atoms with Crippen molar-refractivity contribution in [2.24, 2.45) is 0 Å². The number of carbonyl (C=O) groups is 1. The van der Waals surface area contributed by atoms with E-state index >= 15 is 0 Å². The first-order valence-corrected chi connectivity index (χ1v) is 6.80. The third kappa shape index (κ3) is 2.60. The lowest BCUT2D eigenvalue weighted by Crippen LogP contribution is -2.12. The summed E-state index contributed by atoms with van der Waals surface area (Å²) >= 11 is 5.77. The number of rotatable bonds is 2. The maximum absolute atomic E-state index is 12.3. The number of nitrogens with one attached hydrogen (secondary N) is 2. The Kier molecular flexibility index (Phi) is 3.35. The highest BCUT2D eigenvalue weighted by atomic mass is 35.5. The molecule has 0 radical (unpaired) electrons. The van der Waals surface area contributed by atoms with Gasteiger partial charge < -0.3 is 10.3 Å². The number of H-pyrrole nitrogens is 1. The largest absolute Gasteiger partial charge is 0.358 e. The van der Waals surface area contributed by atoms with Crippen LogP contribution in [0.1, 0.15) is 21.6 Å². The van der Waals surface area contributed by atoms with Crippen LogP contribution >= 0.6 is 11.6 Å². The van der Waals surface area contributed by atoms with Crippen LogP contribution in [0.5, 0.6) is 0 Å². The van der Waals surface area contributed by atoms with E-state index in [2.05, 4.69) is 20.3 Å². The summed E-state index contributed by atoms with van der Waals surface area (Å²) in [7, 11) is 0. The molecule has 0 aliphatic heterocycles. The van der Waals surface area contributed by atoms with Crippen LogP contribution in [0.2, 0.25) is 5.15 Å². The molecule has 0 atom stereocenters. The average Bonchev–Trinajstić information content (AvgIpc) is 2.74. The minimum atomic E-state index is -0.232. The summed E-state index contributed by atoms with van der Waals surface area (Å²) in [6.45, 7) is 4.04. The van der Waals surface area contributed by atoms with Crippen molar-refractivity contribution in [1.82, 2.24) is 15.0 Å². The van der Waals surface area contributed by atoms with E-state index in [1.54, 1.807) is 6.07 Å². The standard InChI is InChI=1S/C15H13ClN4O/c1-8-9(2)19-12-4-3-10(5-11(8)12)15(21)20-14-6-13(16)17-7-18-14/h3-7,19H,1-2H3,(H,17,18,20,21). The summed E-state index contributed by atoms with van der Waals surface area (Å²) in [5, 5.41) is 4.03. The molecule has 0 aliphatic carbocycles. The Balaban J connectivity index is 1.92. The fourth-order valence-corrected chi connectivity index (χ4v) is 2.34. The van der Waals surface area contributed by atoms with Gasteiger partial charge in [0.2, 0.25) is 0 Å². The number of nitrogens with zero attached hydrogens (tertiary/aromatic N) is 2. The summed E-state index contributed by atoms with van der Waals surface area (Å²) in [6.07, 6.45) is 1.31. The van der Waals surface area contributed by atoms with Crippen molar-refractivity contribution in [3.63, 3.8) is 0 Å². The molecule has 3 rings (SSSR count). The Morgan fingerprint density at radius 1 is 1.24 bits per heavy atom. The van der Waals surface area contributed by atoms with Gasteiger partial charge >= 0.3 is 0 Å². The van der Waals surface area contributed by atoms with Crippen LogP contribution in [0, 0.1) is 13.8 Å². The van der Waals surface area contributed by atoms with Gasteiger partial charge in [-0.15, -0.1) is 0 Å². The van der Waals surface area contributed by atoms with E-state index in [0.717, 1.165) is 22.2 Å². The van der Waals surface area contributed by atoms with Gasteiger partial charge in [-0.25, -0.2) is 9.97 Å². The number of carbonyl (C=O) groups excluding carboxylic acids is 1. The molecular weight excluding hydrogens is 288 g/mol. The van der Waals surface area contributed by atoms with Gasteiger partial charge in [0.1, 0.15) is 17.3 Å². The quantitative estimate of drug-likeness (QED) is 0.712. The van der Waals surface area contributed by atoms with E-state index < -0.39 is 0 Å². The molecule has 2 N–H and O–H groups in total. The zero-order chi connectivity index (χ0) is 15.0. The second kappa shape index (κ2) is 5.18. The van der Waals surface area contributed by atoms with Gasteiger partial charge in [0.15, 0.2) is 0 Å². The molecule has 21 heavy (non-hydrogen) atoms. The third-order valence-corrected chi connectivity index (χ3v) is 3.65. The summed E-state index contributed by atoms with van der Waals surface area (Å²) in [4.78, 5) is 23.3. The molecule has 3 aromatic rings. The molecule has 1 aromatic carbocycles. The molecular formula is C15H13ClN4O. The number of hydrogen-bond acceptors (Lipinski definition) is 3. The average molecular weight is 301 g/mol. The fourth-order valence-electron chi connectivity index (χ4n) is 2.19. The molecule has 0 bridgehead atoms. The Labute approximate surface area is 126 Å². The summed E-state index contributed by atoms with van der Waals surface area (Å²) in [5.41, 5.74) is 3.83. The summed E-state index contributed by atoms with van der Waals surface area (Å²) in [6, 6.07) is 7.04. The van der Waals surface area contributed by atoms with Crippen molar-refractivity contribution in [2.45, 2.75) is 13.8 Å². The lowest BCUT2D eigenvalue weighted by molar-refractivity contribution is 0.102. The molecule has 0 aliphatic rings. The molecule has 0 saturated heterocycles. The highest BCUT2D eigenvalue weighted by molar-refractivity contribution is 6.29. The number of hydrogen-bond donors (Lipinski definition) is 2. The van der Waals surface area contributed by atoms with Crippen LogP contribution < -0.4 is 5.32 Å². The van der Waals surface area contributed by atoms with Crippen molar-refractivity contribution in [1.29, 1.82) is 0 Å². The van der Waals surface area contributed by atoms with E-state index in [-0.39, 0.29) is 11.1 Å². The molecule has 0 saturated carbocycles. The summed E-state index contributed by atoms with van der Waals surface area (Å²) in [5.74, 6) is 0.145. The first kappa shape index (κ1) is 13.6. The zero-order valence-corrected chi connectivity index (χ0v) is 12.3. The normalized spacial score (nSPS) is 10.8. The second-order valence-electron chi connectivity index (χ2n) is 4.82. The molecule has 2 heterocycles. The Morgan fingerprint density at radius 2 is 2.05 bits per heavy atom. The number of anilines is 1. The second-order valence-corrected chi connectivity index (χ2v) is 5.20. The molecule has 5 nitrogen and oxygen atoms in total. The highest BCUT2D eigenvalue weighted by Gasteiger charge is 2.11. The first-order valence-electron chi connectivity index (χ1n) is 6.42. The van der Waals surface area contributed by atoms with Crippen molar-refractivity contribution in [2.75, 3.05) is 5.32 Å². The van der Waals surface area contributed by atoms with Gasteiger partial charge in [0.25, 0.3) is 5.91 Å². The molecule has 6 heteroatoms. The van der Waals surface area contributed by atoms with E-state index in [4.69, 9.17) is 11.6 Å². The van der Waals surface area contributed by atoms with Crippen LogP contribution in [0.3, 0.4) is 0 Å². The van der Waals surface area contributed by atoms with Gasteiger partial charge in [-0.05, 0) is 37.6 Å². The number of aromatic nitrogens is 3. The lowest BCUT2D eigenvalue weighted by atomic mass is 10.1. The fraction of sp³-hybridized carbons (Fsp3) is 0.133. The van der Waals surface area contributed by atoms with Crippen molar-refractivity contribution < 1.29 is 4.79 Å². The smallest absolute Gasteiger partial charge is 0.256 e. The van der Waals surface area contributed by atoms with Crippen LogP contribution in [-0.2, 0) is 0 Å². The van der Waals surface area contributed by atoms with E-state index in [1.165, 1.54) is 12.4 Å². The molecule has 1 amide bonds. The highest BCUT2D eigenvalue weighted by Crippen LogP contribution is 2.22. The molecule has 0 spiro atoms. The van der Waals surface area contributed by atoms with Crippen LogP contribution in [0.25, 0.3) is 10.9 Å². The zero-order valence-electron chi connectivity index (χ0n) is 11.6. The number of fused-ring (bicyclic) bond motifs is 1. The van der Waals surface area contributed by atoms with Crippen molar-refractivity contribution in [3.05, 3.63) is 52.6 Å². The molecule has 0 fully saturated rings. The Bertz CT molecular complexity index is 841. The summed E-state index contributed by atoms with van der Waals surface area (Å²) < 4.78 is 0. The topological polar surface area (TPSA) is 70.7 Å². The molecule has 0 unspecified atom stereocenters. The van der Waals surface area contributed by atoms with Crippen LogP contribution in [-0.4, -0.2) is 20.9 Å². The van der Waals surface area contributed by atoms with Crippen molar-refractivity contribution in [3.8, 4) is 0 Å². The SMILES string of the molecule is Cc1[nH]c2ccc(C(=O)Nc3cc(Cl)ncn3)cc2c1C. The third-order valence-electron chi connectivity index (χ3n) is 3.45. The van der Waals surface area contributed by atoms with Gasteiger partial charge in [-0.1, -0.05) is 11.6 Å².